The molecule has 2 aliphatic rings. The number of fused-ring (bicyclic) bond motifs is 1. The molecule has 8 nitrogen and oxygen atoms in total. The van der Waals surface area contributed by atoms with Gasteiger partial charge in [-0.25, -0.2) is 4.39 Å². The van der Waals surface area contributed by atoms with Crippen LogP contribution in [0.5, 0.6) is 23.0 Å². The molecule has 0 bridgehead atoms. The van der Waals surface area contributed by atoms with Crippen LogP contribution in [-0.4, -0.2) is 56.7 Å². The Labute approximate surface area is 239 Å². The van der Waals surface area contributed by atoms with Gasteiger partial charge in [0.05, 0.1) is 14.2 Å². The van der Waals surface area contributed by atoms with Gasteiger partial charge in [-0.15, -0.1) is 0 Å². The molecule has 1 aliphatic carbocycles. The van der Waals surface area contributed by atoms with Crippen molar-refractivity contribution in [2.45, 2.75) is 44.2 Å². The van der Waals surface area contributed by atoms with Gasteiger partial charge in [-0.2, -0.15) is 0 Å². The Bertz CT molecular complexity index is 1370. The average molecular weight is 563 g/mol. The van der Waals surface area contributed by atoms with Crippen molar-refractivity contribution in [3.63, 3.8) is 0 Å². The molecule has 3 aromatic rings. The van der Waals surface area contributed by atoms with E-state index >= 15 is 0 Å². The number of methoxy groups -OCH3 is 2. The second-order valence-corrected chi connectivity index (χ2v) is 10.2. The lowest BCUT2D eigenvalue weighted by atomic mass is 10.0. The van der Waals surface area contributed by atoms with E-state index < -0.39 is 11.9 Å². The quantitative estimate of drug-likeness (QED) is 0.370. The van der Waals surface area contributed by atoms with E-state index in [0.29, 0.717) is 53.8 Å². The van der Waals surface area contributed by atoms with Crippen LogP contribution in [-0.2, 0) is 11.2 Å². The van der Waals surface area contributed by atoms with E-state index in [4.69, 9.17) is 18.9 Å². The van der Waals surface area contributed by atoms with Gasteiger partial charge in [0.1, 0.15) is 25.1 Å². The molecular formula is C32H35FN2O6. The van der Waals surface area contributed by atoms with Crippen molar-refractivity contribution in [2.75, 3.05) is 34.0 Å². The lowest BCUT2D eigenvalue weighted by Gasteiger charge is -2.33. The predicted molar refractivity (Wildman–Crippen MR) is 151 cm³/mol. The fourth-order valence-electron chi connectivity index (χ4n) is 5.44. The van der Waals surface area contributed by atoms with Gasteiger partial charge in [0.15, 0.2) is 23.0 Å². The Morgan fingerprint density at radius 2 is 1.63 bits per heavy atom. The van der Waals surface area contributed by atoms with Crippen molar-refractivity contribution < 1.29 is 32.9 Å². The number of rotatable bonds is 10. The highest BCUT2D eigenvalue weighted by Gasteiger charge is 2.34. The zero-order valence-corrected chi connectivity index (χ0v) is 23.4. The third-order valence-electron chi connectivity index (χ3n) is 7.59. The second-order valence-electron chi connectivity index (χ2n) is 10.2. The number of halogens is 1. The molecule has 1 heterocycles. The first-order chi connectivity index (χ1) is 20.0. The fourth-order valence-corrected chi connectivity index (χ4v) is 5.44. The number of carbonyl (C=O) groups is 2. The summed E-state index contributed by atoms with van der Waals surface area (Å²) in [6.07, 6.45) is 4.31. The van der Waals surface area contributed by atoms with Crippen molar-refractivity contribution >= 4 is 11.8 Å². The molecule has 1 aliphatic heterocycles. The van der Waals surface area contributed by atoms with Gasteiger partial charge in [0.25, 0.3) is 5.91 Å². The largest absolute Gasteiger partial charge is 0.493 e. The number of hydrogen-bond acceptors (Lipinski definition) is 6. The Balaban J connectivity index is 1.51. The van der Waals surface area contributed by atoms with Crippen LogP contribution >= 0.6 is 0 Å². The highest BCUT2D eigenvalue weighted by molar-refractivity contribution is 5.98. The summed E-state index contributed by atoms with van der Waals surface area (Å²) in [5.74, 6) is 1.16. The molecule has 0 spiro atoms. The van der Waals surface area contributed by atoms with Crippen molar-refractivity contribution in [3.05, 3.63) is 83.2 Å². The average Bonchev–Trinajstić information content (AvgIpc) is 3.52. The molecule has 3 aromatic carbocycles. The van der Waals surface area contributed by atoms with Gasteiger partial charge in [-0.3, -0.25) is 9.59 Å². The Kier molecular flexibility index (Phi) is 8.91. The zero-order chi connectivity index (χ0) is 28.8. The zero-order valence-electron chi connectivity index (χ0n) is 23.4. The smallest absolute Gasteiger partial charge is 0.254 e. The number of amides is 2. The van der Waals surface area contributed by atoms with Crippen LogP contribution in [0.25, 0.3) is 0 Å². The number of carbonyl (C=O) groups excluding carboxylic acids is 2. The van der Waals surface area contributed by atoms with E-state index in [9.17, 15) is 14.0 Å². The van der Waals surface area contributed by atoms with Gasteiger partial charge in [-0.05, 0) is 72.9 Å². The number of hydrogen-bond donors (Lipinski definition) is 1. The summed E-state index contributed by atoms with van der Waals surface area (Å²) in [6, 6.07) is 15.4. The summed E-state index contributed by atoms with van der Waals surface area (Å²) in [5, 5.41) is 3.15. The van der Waals surface area contributed by atoms with Crippen LogP contribution < -0.4 is 24.3 Å². The van der Waals surface area contributed by atoms with Crippen molar-refractivity contribution in [1.29, 1.82) is 0 Å². The van der Waals surface area contributed by atoms with E-state index in [1.807, 2.05) is 18.2 Å². The Hall–Kier alpha value is -4.27. The molecule has 216 valence electrons. The number of ether oxygens (including phenoxy) is 4. The van der Waals surface area contributed by atoms with Crippen LogP contribution in [0.3, 0.4) is 0 Å². The summed E-state index contributed by atoms with van der Waals surface area (Å²) >= 11 is 0. The molecule has 2 amide bonds. The summed E-state index contributed by atoms with van der Waals surface area (Å²) < 4.78 is 36.1. The topological polar surface area (TPSA) is 86.3 Å². The van der Waals surface area contributed by atoms with Gasteiger partial charge in [-0.1, -0.05) is 31.0 Å². The normalized spacial score (nSPS) is 15.2. The maximum Gasteiger partial charge on any atom is 0.254 e. The van der Waals surface area contributed by atoms with Crippen molar-refractivity contribution in [1.82, 2.24) is 10.2 Å². The molecular weight excluding hydrogens is 527 g/mol. The minimum absolute atomic E-state index is 0.0440. The van der Waals surface area contributed by atoms with Gasteiger partial charge in [0, 0.05) is 18.2 Å². The maximum absolute atomic E-state index is 14.2. The van der Waals surface area contributed by atoms with Crippen LogP contribution in [0.2, 0.25) is 0 Å². The molecule has 1 fully saturated rings. The molecule has 41 heavy (non-hydrogen) atoms. The Morgan fingerprint density at radius 1 is 0.927 bits per heavy atom. The lowest BCUT2D eigenvalue weighted by Crippen LogP contribution is -2.46. The van der Waals surface area contributed by atoms with Gasteiger partial charge in [0.2, 0.25) is 5.91 Å². The first kappa shape index (κ1) is 28.3. The molecule has 0 radical (unpaired) electrons. The molecule has 0 saturated heterocycles. The first-order valence-corrected chi connectivity index (χ1v) is 13.9. The van der Waals surface area contributed by atoms with Crippen molar-refractivity contribution in [2.24, 2.45) is 0 Å². The summed E-state index contributed by atoms with van der Waals surface area (Å²) in [4.78, 5) is 29.7. The predicted octanol–water partition coefficient (Wildman–Crippen LogP) is 5.10. The van der Waals surface area contributed by atoms with Crippen LogP contribution in [0.15, 0.2) is 60.7 Å². The van der Waals surface area contributed by atoms with E-state index in [1.54, 1.807) is 49.5 Å². The molecule has 0 unspecified atom stereocenters. The monoisotopic (exact) mass is 562 g/mol. The standard InChI is InChI=1S/C32H35FN2O6/c1-38-26-13-7-21(19-28(26)39-2)15-16-35(32(37)23-10-14-27-29(20-23)41-18-17-40-27)30(22-8-11-24(33)12-9-22)31(36)34-25-5-3-4-6-25/h7-14,19-20,25,30H,3-6,15-18H2,1-2H3,(H,34,36)/t30-/m0/s1. The van der Waals surface area contributed by atoms with E-state index in [2.05, 4.69) is 5.32 Å². The molecule has 1 atom stereocenters. The first-order valence-electron chi connectivity index (χ1n) is 13.9. The van der Waals surface area contributed by atoms with E-state index in [-0.39, 0.29) is 24.4 Å². The summed E-state index contributed by atoms with van der Waals surface area (Å²) in [5.41, 5.74) is 1.79. The fraction of sp³-hybridized carbons (Fsp3) is 0.375. The molecule has 1 saturated carbocycles. The summed E-state index contributed by atoms with van der Waals surface area (Å²) in [6.45, 7) is 1.03. The van der Waals surface area contributed by atoms with Crippen LogP contribution in [0.1, 0.15) is 53.2 Å². The second kappa shape index (κ2) is 12.9. The van der Waals surface area contributed by atoms with E-state index in [1.165, 1.54) is 12.1 Å². The van der Waals surface area contributed by atoms with Gasteiger partial charge < -0.3 is 29.2 Å². The highest BCUT2D eigenvalue weighted by atomic mass is 19.1. The minimum Gasteiger partial charge on any atom is -0.493 e. The van der Waals surface area contributed by atoms with Crippen LogP contribution in [0.4, 0.5) is 4.39 Å². The minimum atomic E-state index is -0.975. The number of benzene rings is 3. The third kappa shape index (κ3) is 6.56. The van der Waals surface area contributed by atoms with Gasteiger partial charge >= 0.3 is 0 Å². The molecule has 9 heteroatoms. The SMILES string of the molecule is COc1ccc(CCN(C(=O)c2ccc3c(c2)OCCO3)[C@H](C(=O)NC2CCCC2)c2ccc(F)cc2)cc1OC. The lowest BCUT2D eigenvalue weighted by molar-refractivity contribution is -0.126. The van der Waals surface area contributed by atoms with Crippen LogP contribution in [0, 0.1) is 5.82 Å². The molecule has 0 aromatic heterocycles. The number of nitrogens with zero attached hydrogens (tertiary/aromatic N) is 1. The maximum atomic E-state index is 14.2. The van der Waals surface area contributed by atoms with E-state index in [0.717, 1.165) is 31.2 Å². The highest BCUT2D eigenvalue weighted by Crippen LogP contribution is 2.33. The molecule has 5 rings (SSSR count). The molecule has 1 N–H and O–H groups in total. The van der Waals surface area contributed by atoms with Crippen molar-refractivity contribution in [3.8, 4) is 23.0 Å². The third-order valence-corrected chi connectivity index (χ3v) is 7.59. The number of nitrogens with one attached hydrogen (secondary N) is 1. The summed E-state index contributed by atoms with van der Waals surface area (Å²) in [7, 11) is 3.14. The Morgan fingerprint density at radius 3 is 2.34 bits per heavy atom.